The van der Waals surface area contributed by atoms with Gasteiger partial charge in [-0.15, -0.1) is 0 Å². The van der Waals surface area contributed by atoms with Crippen LogP contribution in [0.4, 0.5) is 0 Å². The van der Waals surface area contributed by atoms with Gasteiger partial charge in [-0.05, 0) is 37.6 Å². The maximum Gasteiger partial charge on any atom is 1.00 e. The number of carboxylic acid groups (broad SMARTS) is 1. The zero-order valence-corrected chi connectivity index (χ0v) is 20.1. The van der Waals surface area contributed by atoms with Crippen LogP contribution in [-0.2, 0) is 0 Å². The summed E-state index contributed by atoms with van der Waals surface area (Å²) in [6.45, 7) is 3.37. The predicted octanol–water partition coefficient (Wildman–Crippen LogP) is 1.49. The number of carboxylic acids is 1. The molecule has 9 heteroatoms. The van der Waals surface area contributed by atoms with Crippen molar-refractivity contribution in [2.45, 2.75) is 39.4 Å². The second-order valence-electron chi connectivity index (χ2n) is 6.98. The van der Waals surface area contributed by atoms with Gasteiger partial charge in [0.25, 0.3) is 0 Å². The van der Waals surface area contributed by atoms with Gasteiger partial charge < -0.3 is 25.5 Å². The van der Waals surface area contributed by atoms with E-state index in [-0.39, 0.29) is 59.0 Å². The van der Waals surface area contributed by atoms with Gasteiger partial charge in [-0.3, -0.25) is 9.59 Å². The van der Waals surface area contributed by atoms with E-state index in [1.807, 2.05) is 6.92 Å². The fraction of sp³-hybridized carbons (Fsp3) is 0.261. The van der Waals surface area contributed by atoms with Crippen LogP contribution in [0.15, 0.2) is 51.7 Å². The van der Waals surface area contributed by atoms with Crippen molar-refractivity contribution in [1.82, 2.24) is 0 Å². The summed E-state index contributed by atoms with van der Waals surface area (Å²) >= 11 is 0. The van der Waals surface area contributed by atoms with Gasteiger partial charge in [-0.2, -0.15) is 0 Å². The molecular formula is C23H23NaO8. The summed E-state index contributed by atoms with van der Waals surface area (Å²) in [6.07, 6.45) is 1.50. The first-order valence-corrected chi connectivity index (χ1v) is 9.77. The molecule has 1 unspecified atom stereocenters. The number of Topliss-reactive ketones (excluding diaryl/α,β-unsaturated/α-hetero) is 1. The molecule has 0 radical (unpaired) electrons. The number of carbonyl (C=O) groups is 2. The summed E-state index contributed by atoms with van der Waals surface area (Å²) in [5.74, 6) is -1.61. The topological polar surface area (TPSA) is 123 Å². The van der Waals surface area contributed by atoms with Gasteiger partial charge in [0.2, 0.25) is 12.1 Å². The van der Waals surface area contributed by atoms with Crippen molar-refractivity contribution in [3.8, 4) is 17.2 Å². The maximum absolute atomic E-state index is 12.1. The van der Waals surface area contributed by atoms with Crippen molar-refractivity contribution in [2.75, 3.05) is 0 Å². The Morgan fingerprint density at radius 2 is 1.75 bits per heavy atom. The Bertz CT molecular complexity index is 1190. The van der Waals surface area contributed by atoms with Crippen molar-refractivity contribution >= 4 is 22.7 Å². The van der Waals surface area contributed by atoms with Gasteiger partial charge in [-0.25, -0.2) is 4.79 Å². The van der Waals surface area contributed by atoms with Gasteiger partial charge in [0.05, 0.1) is 10.9 Å². The van der Waals surface area contributed by atoms with E-state index in [2.05, 4.69) is 0 Å². The third kappa shape index (κ3) is 6.12. The molecule has 164 valence electrons. The summed E-state index contributed by atoms with van der Waals surface area (Å²) in [5, 5.41) is 19.3. The second-order valence-corrected chi connectivity index (χ2v) is 6.98. The molecule has 0 aliphatic heterocycles. The number of aromatic carboxylic acids is 1. The molecule has 0 aliphatic rings. The Morgan fingerprint density at radius 3 is 2.34 bits per heavy atom. The minimum atomic E-state index is -1.34. The molecule has 3 aromatic rings. The smallest absolute Gasteiger partial charge is 1.00 e. The number of ketones is 1. The molecule has 1 atom stereocenters. The van der Waals surface area contributed by atoms with E-state index in [9.17, 15) is 19.5 Å². The van der Waals surface area contributed by atoms with E-state index in [1.165, 1.54) is 31.2 Å². The van der Waals surface area contributed by atoms with Crippen molar-refractivity contribution in [3.63, 3.8) is 0 Å². The third-order valence-electron chi connectivity index (χ3n) is 4.59. The Balaban J connectivity index is 0.00000272. The minimum absolute atomic E-state index is 0. The van der Waals surface area contributed by atoms with Gasteiger partial charge in [0.15, 0.2) is 11.2 Å². The summed E-state index contributed by atoms with van der Waals surface area (Å²) in [5.41, 5.74) is -0.192. The zero-order valence-electron chi connectivity index (χ0n) is 19.1. The van der Waals surface area contributed by atoms with Crippen molar-refractivity contribution < 1.29 is 64.7 Å². The van der Waals surface area contributed by atoms with Crippen LogP contribution in [0.3, 0.4) is 0 Å². The average Bonchev–Trinajstić information content (AvgIpc) is 2.71. The number of ether oxygens (including phenoxy) is 2. The average molecular weight is 450 g/mol. The van der Waals surface area contributed by atoms with Gasteiger partial charge in [-0.1, -0.05) is 13.3 Å². The maximum atomic E-state index is 12.1. The normalized spacial score (nSPS) is 11.4. The summed E-state index contributed by atoms with van der Waals surface area (Å²) in [4.78, 5) is 34.7. The number of phenolic OH excluding ortho intramolecular Hbond substituents is 1. The first-order chi connectivity index (χ1) is 14.8. The summed E-state index contributed by atoms with van der Waals surface area (Å²) in [7, 11) is 0. The molecule has 0 spiro atoms. The van der Waals surface area contributed by atoms with Crippen molar-refractivity contribution in [1.29, 1.82) is 0 Å². The molecule has 0 aliphatic carbocycles. The number of aromatic hydroxyl groups is 1. The SMILES string of the molecule is CCCCC(Oc1ccc(C(C)=O)c(O)c1)Oc1ccc2c(=O)cc(C(=O)O)oc2c1.[H-].[Na+]. The molecular weight excluding hydrogens is 427 g/mol. The van der Waals surface area contributed by atoms with Crippen LogP contribution in [0.2, 0.25) is 0 Å². The molecule has 8 nitrogen and oxygen atoms in total. The van der Waals surface area contributed by atoms with E-state index in [0.29, 0.717) is 17.9 Å². The van der Waals surface area contributed by atoms with Gasteiger partial charge in [0.1, 0.15) is 22.8 Å². The number of hydrogen-bond acceptors (Lipinski definition) is 7. The predicted molar refractivity (Wildman–Crippen MR) is 113 cm³/mol. The molecule has 0 bridgehead atoms. The Kier molecular flexibility index (Phi) is 8.89. The number of fused-ring (bicyclic) bond motifs is 1. The quantitative estimate of drug-likeness (QED) is 0.286. The van der Waals surface area contributed by atoms with Crippen molar-refractivity contribution in [3.05, 3.63) is 64.0 Å². The molecule has 1 aromatic heterocycles. The Labute approximate surface area is 207 Å². The fourth-order valence-electron chi connectivity index (χ4n) is 3.01. The number of benzene rings is 2. The van der Waals surface area contributed by atoms with Crippen LogP contribution in [0.1, 0.15) is 55.4 Å². The van der Waals surface area contributed by atoms with Crippen LogP contribution >= 0.6 is 0 Å². The van der Waals surface area contributed by atoms with Crippen LogP contribution in [-0.4, -0.2) is 28.3 Å². The Hall–Kier alpha value is -2.81. The van der Waals surface area contributed by atoms with E-state index in [4.69, 9.17) is 19.0 Å². The van der Waals surface area contributed by atoms with Crippen LogP contribution in [0.5, 0.6) is 17.2 Å². The standard InChI is InChI=1S/C23H22O8.Na.H/c1-3-4-5-22(29-14-6-8-16(13(2)24)18(25)10-14)30-15-7-9-17-19(26)12-21(23(27)28)31-20(17)11-15;;/h6-12,22,25H,3-5H2,1-2H3,(H,27,28);;/q;+1;-1. The van der Waals surface area contributed by atoms with Gasteiger partial charge in [0, 0.05) is 24.6 Å². The first kappa shape index (κ1) is 25.5. The number of hydrogen-bond donors (Lipinski definition) is 2. The molecule has 0 fully saturated rings. The molecule has 32 heavy (non-hydrogen) atoms. The van der Waals surface area contributed by atoms with E-state index < -0.39 is 23.4 Å². The molecule has 2 N–H and O–H groups in total. The summed E-state index contributed by atoms with van der Waals surface area (Å²) in [6, 6.07) is 9.80. The largest absolute Gasteiger partial charge is 1.00 e. The molecule has 0 saturated heterocycles. The van der Waals surface area contributed by atoms with E-state index in [1.54, 1.807) is 12.1 Å². The number of phenols is 1. The zero-order chi connectivity index (χ0) is 22.5. The van der Waals surface area contributed by atoms with E-state index >= 15 is 0 Å². The molecule has 3 rings (SSSR count). The first-order valence-electron chi connectivity index (χ1n) is 9.77. The fourth-order valence-corrected chi connectivity index (χ4v) is 3.01. The third-order valence-corrected chi connectivity index (χ3v) is 4.59. The Morgan fingerprint density at radius 1 is 1.09 bits per heavy atom. The van der Waals surface area contributed by atoms with Crippen LogP contribution in [0.25, 0.3) is 11.0 Å². The van der Waals surface area contributed by atoms with Gasteiger partial charge >= 0.3 is 35.5 Å². The molecule has 0 amide bonds. The van der Waals surface area contributed by atoms with E-state index in [0.717, 1.165) is 18.9 Å². The van der Waals surface area contributed by atoms with Crippen LogP contribution < -0.4 is 44.5 Å². The van der Waals surface area contributed by atoms with Crippen molar-refractivity contribution in [2.24, 2.45) is 0 Å². The number of unbranched alkanes of at least 4 members (excludes halogenated alkanes) is 1. The molecule has 2 aromatic carbocycles. The second kappa shape index (κ2) is 11.2. The number of carbonyl (C=O) groups excluding carboxylic acids is 1. The minimum Gasteiger partial charge on any atom is -1.00 e. The monoisotopic (exact) mass is 450 g/mol. The molecule has 0 saturated carbocycles. The van der Waals surface area contributed by atoms with Crippen LogP contribution in [0, 0.1) is 0 Å². The summed E-state index contributed by atoms with van der Waals surface area (Å²) < 4.78 is 17.1. The number of rotatable bonds is 9. The molecule has 1 heterocycles.